The molecule has 1 N–H and O–H groups in total. The summed E-state index contributed by atoms with van der Waals surface area (Å²) < 4.78 is 2.41. The van der Waals surface area contributed by atoms with Crippen LogP contribution in [0.1, 0.15) is 85.0 Å². The lowest BCUT2D eigenvalue weighted by Gasteiger charge is -2.33. The molecule has 1 saturated heterocycles. The molecule has 4 heterocycles. The van der Waals surface area contributed by atoms with Crippen molar-refractivity contribution in [3.8, 4) is 0 Å². The molecule has 7 heteroatoms. The highest BCUT2D eigenvalue weighted by atomic mass is 16.2. The molecule has 0 bridgehead atoms. The third-order valence-electron chi connectivity index (χ3n) is 7.84. The van der Waals surface area contributed by atoms with E-state index in [0.29, 0.717) is 11.7 Å². The first-order valence-electron chi connectivity index (χ1n) is 12.4. The van der Waals surface area contributed by atoms with E-state index < -0.39 is 0 Å². The Hall–Kier alpha value is -2.70. The van der Waals surface area contributed by atoms with Crippen LogP contribution in [0.2, 0.25) is 0 Å². The van der Waals surface area contributed by atoms with E-state index in [9.17, 15) is 4.79 Å². The third-order valence-corrected chi connectivity index (χ3v) is 7.84. The molecule has 168 valence electrons. The molecule has 32 heavy (non-hydrogen) atoms. The molecule has 1 aliphatic heterocycles. The maximum atomic E-state index is 13.2. The number of aromatic amines is 1. The van der Waals surface area contributed by atoms with Crippen LogP contribution >= 0.6 is 0 Å². The van der Waals surface area contributed by atoms with Crippen molar-refractivity contribution in [2.75, 3.05) is 13.1 Å². The van der Waals surface area contributed by atoms with E-state index in [4.69, 9.17) is 9.97 Å². The number of hydrogen-bond donors (Lipinski definition) is 1. The van der Waals surface area contributed by atoms with Crippen molar-refractivity contribution in [2.45, 2.75) is 76.7 Å². The molecule has 0 radical (unpaired) electrons. The van der Waals surface area contributed by atoms with Gasteiger partial charge in [0, 0.05) is 43.0 Å². The predicted molar refractivity (Wildman–Crippen MR) is 123 cm³/mol. The molecule has 1 amide bonds. The number of hydrogen-bond acceptors (Lipinski definition) is 4. The number of H-pyrrole nitrogens is 1. The zero-order valence-corrected chi connectivity index (χ0v) is 18.7. The third kappa shape index (κ3) is 3.51. The predicted octanol–water partition coefficient (Wildman–Crippen LogP) is 4.24. The van der Waals surface area contributed by atoms with Crippen molar-refractivity contribution >= 4 is 17.1 Å². The Morgan fingerprint density at radius 3 is 2.72 bits per heavy atom. The van der Waals surface area contributed by atoms with Gasteiger partial charge in [0.05, 0.1) is 0 Å². The average Bonchev–Trinajstić information content (AvgIpc) is 3.57. The molecular weight excluding hydrogens is 400 g/mol. The smallest absolute Gasteiger partial charge is 0.274 e. The van der Waals surface area contributed by atoms with E-state index in [1.54, 1.807) is 0 Å². The standard InChI is InChI=1S/C25H32N6O/c32-25(23-19-8-3-4-9-20(19)28-29-23)30-14-11-18(12-15-30)31-22(16-17-6-1-2-7-17)27-21-10-5-13-26-24(21)31/h5,10,13,17-18H,1-4,6-9,11-12,14-16H2,(H,28,29). The Kier molecular flexibility index (Phi) is 5.20. The van der Waals surface area contributed by atoms with Crippen LogP contribution in [0.5, 0.6) is 0 Å². The van der Waals surface area contributed by atoms with Gasteiger partial charge in [-0.15, -0.1) is 0 Å². The summed E-state index contributed by atoms with van der Waals surface area (Å²) in [5.74, 6) is 2.04. The van der Waals surface area contributed by atoms with E-state index in [1.165, 1.54) is 43.6 Å². The summed E-state index contributed by atoms with van der Waals surface area (Å²) in [6.45, 7) is 1.53. The monoisotopic (exact) mass is 432 g/mol. The molecule has 0 aromatic carbocycles. The highest BCUT2D eigenvalue weighted by Gasteiger charge is 2.31. The molecule has 2 aliphatic carbocycles. The van der Waals surface area contributed by atoms with Gasteiger partial charge < -0.3 is 9.47 Å². The first-order chi connectivity index (χ1) is 15.8. The molecule has 3 aromatic heterocycles. The van der Waals surface area contributed by atoms with E-state index >= 15 is 0 Å². The van der Waals surface area contributed by atoms with Crippen LogP contribution in [0, 0.1) is 5.92 Å². The first-order valence-corrected chi connectivity index (χ1v) is 12.4. The van der Waals surface area contributed by atoms with Crippen LogP contribution in [0.25, 0.3) is 11.2 Å². The molecule has 0 spiro atoms. The summed E-state index contributed by atoms with van der Waals surface area (Å²) in [6, 6.07) is 4.41. The minimum atomic E-state index is 0.0997. The van der Waals surface area contributed by atoms with Gasteiger partial charge in [0.15, 0.2) is 11.3 Å². The summed E-state index contributed by atoms with van der Waals surface area (Å²) in [5, 5.41) is 7.53. The number of carbonyl (C=O) groups is 1. The largest absolute Gasteiger partial charge is 0.337 e. The number of nitrogens with zero attached hydrogens (tertiary/aromatic N) is 5. The van der Waals surface area contributed by atoms with Gasteiger partial charge in [-0.3, -0.25) is 9.89 Å². The van der Waals surface area contributed by atoms with Gasteiger partial charge in [0.1, 0.15) is 11.3 Å². The van der Waals surface area contributed by atoms with Crippen molar-refractivity contribution in [1.82, 2.24) is 29.6 Å². The number of piperidine rings is 1. The van der Waals surface area contributed by atoms with Crippen LogP contribution in [0.15, 0.2) is 18.3 Å². The molecule has 6 rings (SSSR count). The number of aromatic nitrogens is 5. The van der Waals surface area contributed by atoms with Crippen LogP contribution in [0.3, 0.4) is 0 Å². The lowest BCUT2D eigenvalue weighted by atomic mass is 9.95. The van der Waals surface area contributed by atoms with Crippen LogP contribution < -0.4 is 0 Å². The summed E-state index contributed by atoms with van der Waals surface area (Å²) >= 11 is 0. The van der Waals surface area contributed by atoms with Gasteiger partial charge in [0.2, 0.25) is 0 Å². The zero-order valence-electron chi connectivity index (χ0n) is 18.7. The van der Waals surface area contributed by atoms with E-state index in [-0.39, 0.29) is 5.91 Å². The summed E-state index contributed by atoms with van der Waals surface area (Å²) in [4.78, 5) is 25.0. The van der Waals surface area contributed by atoms with Crippen LogP contribution in [0.4, 0.5) is 0 Å². The maximum absolute atomic E-state index is 13.2. The molecule has 3 aliphatic rings. The number of likely N-dealkylation sites (tertiary alicyclic amines) is 1. The topological polar surface area (TPSA) is 79.7 Å². The number of pyridine rings is 1. The number of carbonyl (C=O) groups excluding carboxylic acids is 1. The number of rotatable bonds is 4. The minimum absolute atomic E-state index is 0.0997. The van der Waals surface area contributed by atoms with Gasteiger partial charge in [0.25, 0.3) is 5.91 Å². The highest BCUT2D eigenvalue weighted by molar-refractivity contribution is 5.94. The van der Waals surface area contributed by atoms with Gasteiger partial charge in [-0.2, -0.15) is 5.10 Å². The lowest BCUT2D eigenvalue weighted by Crippen LogP contribution is -2.40. The van der Waals surface area contributed by atoms with E-state index in [1.807, 2.05) is 17.2 Å². The Labute approximate surface area is 188 Å². The van der Waals surface area contributed by atoms with Crippen LogP contribution in [-0.2, 0) is 19.3 Å². The zero-order chi connectivity index (χ0) is 21.5. The van der Waals surface area contributed by atoms with E-state index in [2.05, 4.69) is 20.8 Å². The Morgan fingerprint density at radius 1 is 1.06 bits per heavy atom. The summed E-state index contributed by atoms with van der Waals surface area (Å²) in [5.41, 5.74) is 5.00. The fourth-order valence-electron chi connectivity index (χ4n) is 6.11. The van der Waals surface area contributed by atoms with Crippen molar-refractivity contribution in [3.05, 3.63) is 41.1 Å². The van der Waals surface area contributed by atoms with Crippen molar-refractivity contribution < 1.29 is 4.79 Å². The van der Waals surface area contributed by atoms with Crippen molar-refractivity contribution in [1.29, 1.82) is 0 Å². The molecule has 1 saturated carbocycles. The normalized spacial score (nSPS) is 20.2. The second-order valence-electron chi connectivity index (χ2n) is 9.86. The van der Waals surface area contributed by atoms with Gasteiger partial charge in [-0.1, -0.05) is 25.7 Å². The molecule has 0 atom stereocenters. The molecule has 0 unspecified atom stereocenters. The maximum Gasteiger partial charge on any atom is 0.274 e. The molecule has 7 nitrogen and oxygen atoms in total. The van der Waals surface area contributed by atoms with Crippen molar-refractivity contribution in [3.63, 3.8) is 0 Å². The second-order valence-corrected chi connectivity index (χ2v) is 9.86. The number of nitrogens with one attached hydrogen (secondary N) is 1. The Bertz CT molecular complexity index is 1120. The highest BCUT2D eigenvalue weighted by Crippen LogP contribution is 2.33. The van der Waals surface area contributed by atoms with Crippen molar-refractivity contribution in [2.24, 2.45) is 5.92 Å². The number of imidazole rings is 1. The molecule has 3 aromatic rings. The quantitative estimate of drug-likeness (QED) is 0.669. The summed E-state index contributed by atoms with van der Waals surface area (Å²) in [7, 11) is 0. The van der Waals surface area contributed by atoms with E-state index in [0.717, 1.165) is 74.3 Å². The number of aryl methyl sites for hydroxylation is 1. The number of fused-ring (bicyclic) bond motifs is 2. The van der Waals surface area contributed by atoms with Gasteiger partial charge in [-0.05, 0) is 56.6 Å². The van der Waals surface area contributed by atoms with Gasteiger partial charge >= 0.3 is 0 Å². The second kappa shape index (κ2) is 8.34. The average molecular weight is 433 g/mol. The molecular formula is C25H32N6O. The Balaban J connectivity index is 1.21. The fourth-order valence-corrected chi connectivity index (χ4v) is 6.11. The number of amides is 1. The Morgan fingerprint density at radius 2 is 1.88 bits per heavy atom. The minimum Gasteiger partial charge on any atom is -0.337 e. The lowest BCUT2D eigenvalue weighted by molar-refractivity contribution is 0.0687. The SMILES string of the molecule is O=C(c1n[nH]c2c1CCCC2)N1CCC(n2c(CC3CCCC3)nc3cccnc32)CC1. The van der Waals surface area contributed by atoms with Crippen LogP contribution in [-0.4, -0.2) is 48.6 Å². The fraction of sp³-hybridized carbons (Fsp3) is 0.600. The summed E-state index contributed by atoms with van der Waals surface area (Å²) in [6.07, 6.45) is 14.5. The van der Waals surface area contributed by atoms with Gasteiger partial charge in [-0.25, -0.2) is 9.97 Å². The molecule has 2 fully saturated rings. The first kappa shape index (κ1) is 19.9.